The lowest BCUT2D eigenvalue weighted by Crippen LogP contribution is -2.22. The Balaban J connectivity index is 2.06. The summed E-state index contributed by atoms with van der Waals surface area (Å²) >= 11 is 18.1. The fourth-order valence-electron chi connectivity index (χ4n) is 2.22. The summed E-state index contributed by atoms with van der Waals surface area (Å²) in [6, 6.07) is 4.26. The predicted octanol–water partition coefficient (Wildman–Crippen LogP) is 4.94. The van der Waals surface area contributed by atoms with Crippen LogP contribution in [-0.2, 0) is 9.53 Å². The van der Waals surface area contributed by atoms with E-state index in [2.05, 4.69) is 10.3 Å². The van der Waals surface area contributed by atoms with Crippen molar-refractivity contribution < 1.29 is 23.8 Å². The fourth-order valence-corrected chi connectivity index (χ4v) is 2.88. The van der Waals surface area contributed by atoms with Crippen LogP contribution >= 0.6 is 34.8 Å². The SMILES string of the molecule is COc1cc(C(=O)OCC(=O)Nc2nc(C)c(Cl)cc2Cl)cc(Cl)c1OC(C)C. The van der Waals surface area contributed by atoms with Crippen LogP contribution in [0, 0.1) is 6.92 Å². The molecule has 0 aliphatic carbocycles. The molecule has 2 rings (SSSR count). The molecule has 10 heteroatoms. The van der Waals surface area contributed by atoms with E-state index in [9.17, 15) is 9.59 Å². The average Bonchev–Trinajstić information content (AvgIpc) is 2.65. The Labute approximate surface area is 183 Å². The maximum atomic E-state index is 12.3. The topological polar surface area (TPSA) is 86.8 Å². The van der Waals surface area contributed by atoms with Gasteiger partial charge in [0.05, 0.1) is 39.5 Å². The van der Waals surface area contributed by atoms with Gasteiger partial charge in [0.2, 0.25) is 0 Å². The highest BCUT2D eigenvalue weighted by Gasteiger charge is 2.19. The zero-order valence-corrected chi connectivity index (χ0v) is 18.4. The van der Waals surface area contributed by atoms with Crippen molar-refractivity contribution in [2.75, 3.05) is 19.0 Å². The molecule has 156 valence electrons. The second kappa shape index (κ2) is 10.0. The fraction of sp³-hybridized carbons (Fsp3) is 0.316. The van der Waals surface area contributed by atoms with Crippen molar-refractivity contribution in [3.05, 3.63) is 44.5 Å². The number of carbonyl (C=O) groups excluding carboxylic acids is 2. The second-order valence-electron chi connectivity index (χ2n) is 6.17. The lowest BCUT2D eigenvalue weighted by atomic mass is 10.2. The number of aryl methyl sites for hydroxylation is 1. The Morgan fingerprint density at radius 2 is 1.79 bits per heavy atom. The molecule has 0 bridgehead atoms. The summed E-state index contributed by atoms with van der Waals surface area (Å²) in [5, 5.41) is 3.18. The molecule has 0 aliphatic heterocycles. The third kappa shape index (κ3) is 6.13. The molecule has 0 atom stereocenters. The van der Waals surface area contributed by atoms with Crippen molar-refractivity contribution in [3.63, 3.8) is 0 Å². The molecule has 7 nitrogen and oxygen atoms in total. The number of hydrogen-bond donors (Lipinski definition) is 1. The number of aromatic nitrogens is 1. The van der Waals surface area contributed by atoms with Crippen LogP contribution in [0.15, 0.2) is 18.2 Å². The number of ether oxygens (including phenoxy) is 3. The largest absolute Gasteiger partial charge is 0.493 e. The van der Waals surface area contributed by atoms with E-state index in [4.69, 9.17) is 49.0 Å². The van der Waals surface area contributed by atoms with Crippen LogP contribution in [0.3, 0.4) is 0 Å². The van der Waals surface area contributed by atoms with Crippen molar-refractivity contribution in [1.82, 2.24) is 4.98 Å². The lowest BCUT2D eigenvalue weighted by molar-refractivity contribution is -0.119. The summed E-state index contributed by atoms with van der Waals surface area (Å²) in [4.78, 5) is 28.5. The average molecular weight is 462 g/mol. The van der Waals surface area contributed by atoms with Crippen molar-refractivity contribution in [2.24, 2.45) is 0 Å². The third-order valence-electron chi connectivity index (χ3n) is 3.52. The Hall–Kier alpha value is -2.22. The van der Waals surface area contributed by atoms with Crippen molar-refractivity contribution in [2.45, 2.75) is 26.9 Å². The predicted molar refractivity (Wildman–Crippen MR) is 112 cm³/mol. The molecule has 2 aromatic rings. The number of esters is 1. The standard InChI is InChI=1S/C19H19Cl3N2O5/c1-9(2)29-17-13(21)5-11(6-15(17)27-4)19(26)28-8-16(25)24-18-14(22)7-12(20)10(3)23-18/h5-7,9H,8H2,1-4H3,(H,23,24,25). The van der Waals surface area contributed by atoms with Gasteiger partial charge in [-0.15, -0.1) is 0 Å². The first-order valence-electron chi connectivity index (χ1n) is 8.46. The van der Waals surface area contributed by atoms with Gasteiger partial charge in [-0.2, -0.15) is 0 Å². The molecule has 29 heavy (non-hydrogen) atoms. The number of nitrogens with one attached hydrogen (secondary N) is 1. The number of rotatable bonds is 7. The Kier molecular flexibility index (Phi) is 7.96. The lowest BCUT2D eigenvalue weighted by Gasteiger charge is -2.16. The van der Waals surface area contributed by atoms with Gasteiger partial charge in [0, 0.05) is 0 Å². The molecule has 0 spiro atoms. The number of benzene rings is 1. The van der Waals surface area contributed by atoms with E-state index in [1.165, 1.54) is 25.3 Å². The number of carbonyl (C=O) groups is 2. The van der Waals surface area contributed by atoms with Crippen LogP contribution in [0.25, 0.3) is 0 Å². The number of amides is 1. The molecule has 1 aromatic carbocycles. The summed E-state index contributed by atoms with van der Waals surface area (Å²) in [6.07, 6.45) is -0.139. The molecule has 1 heterocycles. The van der Waals surface area contributed by atoms with Crippen LogP contribution < -0.4 is 14.8 Å². The van der Waals surface area contributed by atoms with Crippen molar-refractivity contribution in [3.8, 4) is 11.5 Å². The molecule has 1 aromatic heterocycles. The van der Waals surface area contributed by atoms with Gasteiger partial charge in [-0.1, -0.05) is 34.8 Å². The first-order valence-corrected chi connectivity index (χ1v) is 9.59. The molecule has 0 saturated heterocycles. The van der Waals surface area contributed by atoms with Crippen LogP contribution in [0.1, 0.15) is 29.9 Å². The monoisotopic (exact) mass is 460 g/mol. The highest BCUT2D eigenvalue weighted by Crippen LogP contribution is 2.37. The number of hydrogen-bond acceptors (Lipinski definition) is 6. The van der Waals surface area contributed by atoms with E-state index in [-0.39, 0.29) is 33.3 Å². The van der Waals surface area contributed by atoms with Gasteiger partial charge in [0.25, 0.3) is 5.91 Å². The zero-order valence-electron chi connectivity index (χ0n) is 16.1. The minimum Gasteiger partial charge on any atom is -0.493 e. The summed E-state index contributed by atoms with van der Waals surface area (Å²) in [6.45, 7) is 4.78. The Morgan fingerprint density at radius 1 is 1.10 bits per heavy atom. The van der Waals surface area contributed by atoms with Gasteiger partial charge in [0.15, 0.2) is 23.9 Å². The highest BCUT2D eigenvalue weighted by atomic mass is 35.5. The van der Waals surface area contributed by atoms with Crippen molar-refractivity contribution >= 4 is 52.5 Å². The number of methoxy groups -OCH3 is 1. The maximum Gasteiger partial charge on any atom is 0.338 e. The molecule has 1 N–H and O–H groups in total. The van der Waals surface area contributed by atoms with Gasteiger partial charge in [-0.05, 0) is 39.0 Å². The van der Waals surface area contributed by atoms with Gasteiger partial charge in [-0.25, -0.2) is 9.78 Å². The second-order valence-corrected chi connectivity index (χ2v) is 7.39. The first-order chi connectivity index (χ1) is 13.6. The molecule has 0 aliphatic rings. The van der Waals surface area contributed by atoms with E-state index in [0.717, 1.165) is 0 Å². The van der Waals surface area contributed by atoms with Gasteiger partial charge >= 0.3 is 5.97 Å². The normalized spacial score (nSPS) is 10.6. The van der Waals surface area contributed by atoms with E-state index >= 15 is 0 Å². The molecular weight excluding hydrogens is 443 g/mol. The first kappa shape index (κ1) is 23.1. The quantitative estimate of drug-likeness (QED) is 0.588. The summed E-state index contributed by atoms with van der Waals surface area (Å²) in [5.41, 5.74) is 0.600. The van der Waals surface area contributed by atoms with Crippen LogP contribution in [0.4, 0.5) is 5.82 Å². The molecule has 0 radical (unpaired) electrons. The van der Waals surface area contributed by atoms with Crippen LogP contribution in [0.5, 0.6) is 11.5 Å². The zero-order chi connectivity index (χ0) is 21.7. The summed E-state index contributed by atoms with van der Waals surface area (Å²) in [7, 11) is 1.42. The molecule has 0 unspecified atom stereocenters. The van der Waals surface area contributed by atoms with Crippen molar-refractivity contribution in [1.29, 1.82) is 0 Å². The summed E-state index contributed by atoms with van der Waals surface area (Å²) in [5.74, 6) is -0.669. The molecule has 0 fully saturated rings. The number of anilines is 1. The third-order valence-corrected chi connectivity index (χ3v) is 4.47. The number of halogens is 3. The van der Waals surface area contributed by atoms with Gasteiger partial charge < -0.3 is 19.5 Å². The van der Waals surface area contributed by atoms with Crippen LogP contribution in [0.2, 0.25) is 15.1 Å². The van der Waals surface area contributed by atoms with Gasteiger partial charge in [0.1, 0.15) is 0 Å². The smallest absolute Gasteiger partial charge is 0.338 e. The van der Waals surface area contributed by atoms with E-state index in [1.54, 1.807) is 6.92 Å². The summed E-state index contributed by atoms with van der Waals surface area (Å²) < 4.78 is 15.8. The maximum absolute atomic E-state index is 12.3. The van der Waals surface area contributed by atoms with Gasteiger partial charge in [-0.3, -0.25) is 4.79 Å². The minimum atomic E-state index is -0.761. The minimum absolute atomic E-state index is 0.106. The Morgan fingerprint density at radius 3 is 2.41 bits per heavy atom. The van der Waals surface area contributed by atoms with E-state index < -0.39 is 18.5 Å². The van der Waals surface area contributed by atoms with E-state index in [0.29, 0.717) is 16.5 Å². The number of pyridine rings is 1. The van der Waals surface area contributed by atoms with Crippen LogP contribution in [-0.4, -0.2) is 36.7 Å². The Bertz CT molecular complexity index is 935. The molecule has 0 saturated carbocycles. The molecular formula is C19H19Cl3N2O5. The number of nitrogens with zero attached hydrogens (tertiary/aromatic N) is 1. The highest BCUT2D eigenvalue weighted by molar-refractivity contribution is 6.36. The van der Waals surface area contributed by atoms with E-state index in [1.807, 2.05) is 13.8 Å². The molecule has 1 amide bonds.